The predicted octanol–water partition coefficient (Wildman–Crippen LogP) is 0.507. The van der Waals surface area contributed by atoms with Gasteiger partial charge in [-0.2, -0.15) is 0 Å². The first-order valence-corrected chi connectivity index (χ1v) is 8.99. The van der Waals surface area contributed by atoms with Crippen molar-refractivity contribution < 1.29 is 14.3 Å². The summed E-state index contributed by atoms with van der Waals surface area (Å²) in [6.45, 7) is 16.6. The first kappa shape index (κ1) is 19.4. The Morgan fingerprint density at radius 2 is 1.12 bits per heavy atom. The molecule has 0 aromatic rings. The molecule has 2 amide bonds. The van der Waals surface area contributed by atoms with Crippen LogP contribution in [0.15, 0.2) is 0 Å². The van der Waals surface area contributed by atoms with Crippen molar-refractivity contribution in [2.45, 2.75) is 38.8 Å². The van der Waals surface area contributed by atoms with Crippen LogP contribution >= 0.6 is 0 Å². The predicted molar refractivity (Wildman–Crippen MR) is 94.3 cm³/mol. The lowest BCUT2D eigenvalue weighted by Crippen LogP contribution is -2.58. The lowest BCUT2D eigenvalue weighted by Gasteiger charge is -2.41. The monoisotopic (exact) mass is 342 g/mol. The summed E-state index contributed by atoms with van der Waals surface area (Å²) in [6.07, 6.45) is 0. The quantitative estimate of drug-likeness (QED) is 0.736. The second-order valence-corrected chi connectivity index (χ2v) is 7.86. The molecule has 0 atom stereocenters. The van der Waals surface area contributed by atoms with E-state index in [-0.39, 0.29) is 17.1 Å². The lowest BCUT2D eigenvalue weighted by molar-refractivity contribution is -0.0102. The molecule has 0 bridgehead atoms. The maximum atomic E-state index is 12.2. The zero-order valence-corrected chi connectivity index (χ0v) is 15.7. The highest BCUT2D eigenvalue weighted by atomic mass is 16.5. The summed E-state index contributed by atoms with van der Waals surface area (Å²) in [5.41, 5.74) is -0.137. The van der Waals surface area contributed by atoms with Crippen molar-refractivity contribution in [2.24, 2.45) is 0 Å². The van der Waals surface area contributed by atoms with Crippen LogP contribution in [-0.4, -0.2) is 92.6 Å². The minimum absolute atomic E-state index is 0.0686. The Morgan fingerprint density at radius 3 is 1.46 bits per heavy atom. The maximum Gasteiger partial charge on any atom is 0.314 e. The van der Waals surface area contributed by atoms with Crippen LogP contribution in [0.1, 0.15) is 27.7 Å². The van der Waals surface area contributed by atoms with Gasteiger partial charge in [0.15, 0.2) is 0 Å². The van der Waals surface area contributed by atoms with E-state index in [0.717, 1.165) is 52.6 Å². The van der Waals surface area contributed by atoms with Gasteiger partial charge in [-0.25, -0.2) is 4.79 Å². The highest BCUT2D eigenvalue weighted by molar-refractivity contribution is 5.74. The fourth-order valence-corrected chi connectivity index (χ4v) is 3.22. The topological polar surface area (TPSA) is 66.1 Å². The number of ether oxygens (including phenoxy) is 2. The highest BCUT2D eigenvalue weighted by Gasteiger charge is 2.30. The van der Waals surface area contributed by atoms with E-state index < -0.39 is 0 Å². The van der Waals surface area contributed by atoms with Crippen LogP contribution in [0.4, 0.5) is 4.79 Å². The van der Waals surface area contributed by atoms with Gasteiger partial charge >= 0.3 is 6.03 Å². The molecular formula is C17H34N4O3. The normalized spacial score (nSPS) is 21.5. The average molecular weight is 342 g/mol. The van der Waals surface area contributed by atoms with Crippen molar-refractivity contribution >= 4 is 6.03 Å². The SMILES string of the molecule is CC(C)(CNC(=O)NCC(C)(C)N1CCOCC1)N1CCOCC1. The van der Waals surface area contributed by atoms with Crippen LogP contribution in [0.5, 0.6) is 0 Å². The van der Waals surface area contributed by atoms with Crippen LogP contribution in [0.3, 0.4) is 0 Å². The molecule has 0 spiro atoms. The van der Waals surface area contributed by atoms with E-state index >= 15 is 0 Å². The number of carbonyl (C=O) groups is 1. The summed E-state index contributed by atoms with van der Waals surface area (Å²) in [6, 6.07) is -0.0994. The molecule has 0 radical (unpaired) electrons. The molecule has 0 saturated carbocycles. The smallest absolute Gasteiger partial charge is 0.314 e. The number of rotatable bonds is 6. The maximum absolute atomic E-state index is 12.2. The Labute approximate surface area is 146 Å². The summed E-state index contributed by atoms with van der Waals surface area (Å²) < 4.78 is 10.8. The van der Waals surface area contributed by atoms with E-state index in [2.05, 4.69) is 48.1 Å². The van der Waals surface area contributed by atoms with Gasteiger partial charge in [0, 0.05) is 50.3 Å². The standard InChI is InChI=1S/C17H34N4O3/c1-16(2,20-5-9-23-10-6-20)13-18-15(22)19-14-17(3,4)21-7-11-24-12-8-21/h5-14H2,1-4H3,(H2,18,19,22). The van der Waals surface area contributed by atoms with Gasteiger partial charge < -0.3 is 20.1 Å². The first-order valence-electron chi connectivity index (χ1n) is 8.99. The minimum atomic E-state index is -0.0994. The van der Waals surface area contributed by atoms with Crippen molar-refractivity contribution in [3.05, 3.63) is 0 Å². The highest BCUT2D eigenvalue weighted by Crippen LogP contribution is 2.16. The van der Waals surface area contributed by atoms with E-state index in [1.54, 1.807) is 0 Å². The third kappa shape index (κ3) is 5.58. The molecule has 2 fully saturated rings. The van der Waals surface area contributed by atoms with Crippen molar-refractivity contribution in [2.75, 3.05) is 65.7 Å². The number of nitrogens with zero attached hydrogens (tertiary/aromatic N) is 2. The van der Waals surface area contributed by atoms with Gasteiger partial charge in [0.1, 0.15) is 0 Å². The lowest BCUT2D eigenvalue weighted by atomic mass is 10.0. The zero-order valence-electron chi connectivity index (χ0n) is 15.7. The molecule has 24 heavy (non-hydrogen) atoms. The molecule has 2 aliphatic heterocycles. The Kier molecular flexibility index (Phi) is 6.86. The summed E-state index contributed by atoms with van der Waals surface area (Å²) in [5.74, 6) is 0. The number of amides is 2. The summed E-state index contributed by atoms with van der Waals surface area (Å²) in [4.78, 5) is 16.9. The van der Waals surface area contributed by atoms with Crippen molar-refractivity contribution in [3.8, 4) is 0 Å². The Bertz CT molecular complexity index is 367. The van der Waals surface area contributed by atoms with Gasteiger partial charge in [-0.15, -0.1) is 0 Å². The van der Waals surface area contributed by atoms with E-state index in [9.17, 15) is 4.79 Å². The van der Waals surface area contributed by atoms with Gasteiger partial charge in [0.05, 0.1) is 26.4 Å². The molecule has 7 heteroatoms. The Balaban J connectivity index is 1.72. The zero-order chi connectivity index (χ0) is 17.6. The fourth-order valence-electron chi connectivity index (χ4n) is 3.22. The molecule has 2 heterocycles. The van der Waals surface area contributed by atoms with Crippen molar-refractivity contribution in [1.82, 2.24) is 20.4 Å². The number of morpholine rings is 2. The van der Waals surface area contributed by atoms with Crippen molar-refractivity contribution in [1.29, 1.82) is 0 Å². The molecule has 0 aromatic carbocycles. The van der Waals surface area contributed by atoms with Gasteiger partial charge in [-0.05, 0) is 27.7 Å². The minimum Gasteiger partial charge on any atom is -0.379 e. The second kappa shape index (κ2) is 8.47. The molecule has 0 unspecified atom stereocenters. The summed E-state index contributed by atoms with van der Waals surface area (Å²) in [5, 5.41) is 6.04. The van der Waals surface area contributed by atoms with E-state index in [1.807, 2.05) is 0 Å². The molecule has 140 valence electrons. The molecule has 2 rings (SSSR count). The Morgan fingerprint density at radius 1 is 0.792 bits per heavy atom. The summed E-state index contributed by atoms with van der Waals surface area (Å²) >= 11 is 0. The fraction of sp³-hybridized carbons (Fsp3) is 0.941. The van der Waals surface area contributed by atoms with Crippen molar-refractivity contribution in [3.63, 3.8) is 0 Å². The number of carbonyl (C=O) groups excluding carboxylic acids is 1. The third-order valence-corrected chi connectivity index (χ3v) is 5.10. The van der Waals surface area contributed by atoms with E-state index in [4.69, 9.17) is 9.47 Å². The largest absolute Gasteiger partial charge is 0.379 e. The third-order valence-electron chi connectivity index (χ3n) is 5.10. The van der Waals surface area contributed by atoms with E-state index in [0.29, 0.717) is 13.1 Å². The Hall–Kier alpha value is -0.890. The average Bonchev–Trinajstić information content (AvgIpc) is 2.60. The number of urea groups is 1. The number of hydrogen-bond donors (Lipinski definition) is 2. The van der Waals surface area contributed by atoms with Gasteiger partial charge in [-0.1, -0.05) is 0 Å². The van der Waals surface area contributed by atoms with Gasteiger partial charge in [0.25, 0.3) is 0 Å². The number of nitrogens with one attached hydrogen (secondary N) is 2. The van der Waals surface area contributed by atoms with Gasteiger partial charge in [0.2, 0.25) is 0 Å². The van der Waals surface area contributed by atoms with Gasteiger partial charge in [-0.3, -0.25) is 9.80 Å². The second-order valence-electron chi connectivity index (χ2n) is 7.86. The first-order chi connectivity index (χ1) is 11.3. The molecule has 2 aliphatic rings. The van der Waals surface area contributed by atoms with Crippen LogP contribution < -0.4 is 10.6 Å². The molecule has 7 nitrogen and oxygen atoms in total. The molecular weight excluding hydrogens is 308 g/mol. The van der Waals surface area contributed by atoms with E-state index in [1.165, 1.54) is 0 Å². The molecule has 2 N–H and O–H groups in total. The molecule has 0 aromatic heterocycles. The van der Waals surface area contributed by atoms with Crippen LogP contribution in [0.2, 0.25) is 0 Å². The summed E-state index contributed by atoms with van der Waals surface area (Å²) in [7, 11) is 0. The molecule has 0 aliphatic carbocycles. The molecule has 2 saturated heterocycles. The van der Waals surface area contributed by atoms with Crippen LogP contribution in [0, 0.1) is 0 Å². The van der Waals surface area contributed by atoms with Crippen LogP contribution in [0.25, 0.3) is 0 Å². The van der Waals surface area contributed by atoms with Crippen LogP contribution in [-0.2, 0) is 9.47 Å². The number of hydrogen-bond acceptors (Lipinski definition) is 5.